The molecule has 0 amide bonds. The quantitative estimate of drug-likeness (QED) is 0.856. The number of halogens is 1. The highest BCUT2D eigenvalue weighted by atomic mass is 19.1. The van der Waals surface area contributed by atoms with E-state index in [-0.39, 0.29) is 11.9 Å². The van der Waals surface area contributed by atoms with E-state index >= 15 is 0 Å². The van der Waals surface area contributed by atoms with Gasteiger partial charge in [0.15, 0.2) is 0 Å². The molecule has 0 heterocycles. The zero-order chi connectivity index (χ0) is 14.5. The van der Waals surface area contributed by atoms with Gasteiger partial charge in [-0.15, -0.1) is 0 Å². The second kappa shape index (κ2) is 6.53. The molecule has 0 fully saturated rings. The fourth-order valence-corrected chi connectivity index (χ4v) is 1.62. The average Bonchev–Trinajstić information content (AvgIpc) is 2.39. The SMILES string of the molecule is CNC(C)c1cc(F)ccc1OCCC(C)(C)C#N. The van der Waals surface area contributed by atoms with Crippen LogP contribution in [0.2, 0.25) is 0 Å². The highest BCUT2D eigenvalue weighted by Gasteiger charge is 2.17. The molecule has 104 valence electrons. The highest BCUT2D eigenvalue weighted by Crippen LogP contribution is 2.27. The summed E-state index contributed by atoms with van der Waals surface area (Å²) in [6.45, 7) is 6.13. The van der Waals surface area contributed by atoms with Gasteiger partial charge in [0, 0.05) is 11.6 Å². The van der Waals surface area contributed by atoms with Gasteiger partial charge < -0.3 is 10.1 Å². The van der Waals surface area contributed by atoms with Crippen molar-refractivity contribution in [3.05, 3.63) is 29.6 Å². The summed E-state index contributed by atoms with van der Waals surface area (Å²) < 4.78 is 19.0. The van der Waals surface area contributed by atoms with Crippen molar-refractivity contribution in [3.8, 4) is 11.8 Å². The Hall–Kier alpha value is -1.60. The number of ether oxygens (including phenoxy) is 1. The highest BCUT2D eigenvalue weighted by molar-refractivity contribution is 5.36. The standard InChI is InChI=1S/C15H21FN2O/c1-11(18-4)13-9-12(16)5-6-14(13)19-8-7-15(2,3)10-17/h5-6,9,11,18H,7-8H2,1-4H3. The molecule has 1 atom stereocenters. The molecule has 1 N–H and O–H groups in total. The third kappa shape index (κ3) is 4.53. The van der Waals surface area contributed by atoms with Crippen LogP contribution in [0.4, 0.5) is 4.39 Å². The van der Waals surface area contributed by atoms with Crippen molar-refractivity contribution in [1.29, 1.82) is 5.26 Å². The monoisotopic (exact) mass is 264 g/mol. The molecule has 4 heteroatoms. The van der Waals surface area contributed by atoms with Crippen molar-refractivity contribution >= 4 is 0 Å². The number of hydrogen-bond acceptors (Lipinski definition) is 3. The molecule has 0 saturated carbocycles. The largest absolute Gasteiger partial charge is 0.493 e. The molecule has 19 heavy (non-hydrogen) atoms. The molecule has 1 rings (SSSR count). The Morgan fingerprint density at radius 2 is 2.16 bits per heavy atom. The Kier molecular flexibility index (Phi) is 5.31. The summed E-state index contributed by atoms with van der Waals surface area (Å²) in [4.78, 5) is 0. The summed E-state index contributed by atoms with van der Waals surface area (Å²) in [5.74, 6) is 0.388. The lowest BCUT2D eigenvalue weighted by molar-refractivity contribution is 0.260. The summed E-state index contributed by atoms with van der Waals surface area (Å²) in [6.07, 6.45) is 0.633. The van der Waals surface area contributed by atoms with Crippen molar-refractivity contribution < 1.29 is 9.13 Å². The van der Waals surface area contributed by atoms with Crippen molar-refractivity contribution in [1.82, 2.24) is 5.32 Å². The Labute approximate surface area is 114 Å². The Morgan fingerprint density at radius 1 is 1.47 bits per heavy atom. The third-order valence-corrected chi connectivity index (χ3v) is 3.16. The molecular formula is C15H21FN2O. The van der Waals surface area contributed by atoms with Gasteiger partial charge in [0.25, 0.3) is 0 Å². The molecule has 0 aliphatic heterocycles. The van der Waals surface area contributed by atoms with Crippen LogP contribution in [0.1, 0.15) is 38.8 Å². The smallest absolute Gasteiger partial charge is 0.124 e. The van der Waals surface area contributed by atoms with Crippen LogP contribution in [0.25, 0.3) is 0 Å². The van der Waals surface area contributed by atoms with Crippen LogP contribution >= 0.6 is 0 Å². The number of rotatable bonds is 6. The Balaban J connectivity index is 2.76. The van der Waals surface area contributed by atoms with Crippen molar-refractivity contribution in [2.45, 2.75) is 33.2 Å². The maximum Gasteiger partial charge on any atom is 0.124 e. The van der Waals surface area contributed by atoms with Gasteiger partial charge in [0.05, 0.1) is 18.1 Å². The molecule has 0 bridgehead atoms. The number of benzene rings is 1. The lowest BCUT2D eigenvalue weighted by Gasteiger charge is -2.19. The second-order valence-corrected chi connectivity index (χ2v) is 5.29. The van der Waals surface area contributed by atoms with Crippen molar-refractivity contribution in [2.75, 3.05) is 13.7 Å². The molecule has 0 saturated heterocycles. The normalized spacial score (nSPS) is 12.8. The van der Waals surface area contributed by atoms with Crippen LogP contribution < -0.4 is 10.1 Å². The van der Waals surface area contributed by atoms with E-state index < -0.39 is 5.41 Å². The lowest BCUT2D eigenvalue weighted by atomic mass is 9.92. The summed E-state index contributed by atoms with van der Waals surface area (Å²) in [7, 11) is 1.82. The Bertz CT molecular complexity index is 466. The van der Waals surface area contributed by atoms with Gasteiger partial charge >= 0.3 is 0 Å². The van der Waals surface area contributed by atoms with E-state index in [1.54, 1.807) is 6.07 Å². The molecule has 0 aliphatic carbocycles. The first-order valence-electron chi connectivity index (χ1n) is 6.40. The van der Waals surface area contributed by atoms with E-state index in [0.29, 0.717) is 18.8 Å². The molecular weight excluding hydrogens is 243 g/mol. The number of hydrogen-bond donors (Lipinski definition) is 1. The second-order valence-electron chi connectivity index (χ2n) is 5.29. The van der Waals surface area contributed by atoms with Crippen LogP contribution in [0, 0.1) is 22.6 Å². The summed E-state index contributed by atoms with van der Waals surface area (Å²) in [6, 6.07) is 6.74. The third-order valence-electron chi connectivity index (χ3n) is 3.16. The minimum atomic E-state index is -0.408. The van der Waals surface area contributed by atoms with Crippen LogP contribution in [-0.2, 0) is 0 Å². The van der Waals surface area contributed by atoms with E-state index in [0.717, 1.165) is 5.56 Å². The van der Waals surface area contributed by atoms with Crippen LogP contribution in [0.3, 0.4) is 0 Å². The first-order valence-corrected chi connectivity index (χ1v) is 6.40. The molecule has 0 aromatic heterocycles. The predicted molar refractivity (Wildman–Crippen MR) is 73.4 cm³/mol. The van der Waals surface area contributed by atoms with Crippen molar-refractivity contribution in [3.63, 3.8) is 0 Å². The van der Waals surface area contributed by atoms with E-state index in [1.165, 1.54) is 12.1 Å². The zero-order valence-electron chi connectivity index (χ0n) is 12.0. The van der Waals surface area contributed by atoms with Gasteiger partial charge in [-0.05, 0) is 52.4 Å². The molecule has 1 aromatic carbocycles. The maximum absolute atomic E-state index is 13.3. The van der Waals surface area contributed by atoms with Crippen LogP contribution in [0.5, 0.6) is 5.75 Å². The van der Waals surface area contributed by atoms with Gasteiger partial charge in [0.2, 0.25) is 0 Å². The van der Waals surface area contributed by atoms with Gasteiger partial charge in [-0.25, -0.2) is 4.39 Å². The first-order chi connectivity index (χ1) is 8.89. The molecule has 1 aromatic rings. The Morgan fingerprint density at radius 3 is 2.74 bits per heavy atom. The first kappa shape index (κ1) is 15.5. The predicted octanol–water partition coefficient (Wildman–Crippen LogP) is 3.42. The number of nitrogens with zero attached hydrogens (tertiary/aromatic N) is 1. The zero-order valence-corrected chi connectivity index (χ0v) is 12.0. The number of nitrogens with one attached hydrogen (secondary N) is 1. The fourth-order valence-electron chi connectivity index (χ4n) is 1.62. The average molecular weight is 264 g/mol. The molecule has 0 radical (unpaired) electrons. The van der Waals surface area contributed by atoms with E-state index in [1.807, 2.05) is 27.8 Å². The number of nitriles is 1. The van der Waals surface area contributed by atoms with Gasteiger partial charge in [0.1, 0.15) is 11.6 Å². The minimum Gasteiger partial charge on any atom is -0.493 e. The topological polar surface area (TPSA) is 45.0 Å². The molecule has 3 nitrogen and oxygen atoms in total. The molecule has 0 aliphatic rings. The van der Waals surface area contributed by atoms with Crippen LogP contribution in [-0.4, -0.2) is 13.7 Å². The molecule has 1 unspecified atom stereocenters. The van der Waals surface area contributed by atoms with Crippen molar-refractivity contribution in [2.24, 2.45) is 5.41 Å². The fraction of sp³-hybridized carbons (Fsp3) is 0.533. The summed E-state index contributed by atoms with van der Waals surface area (Å²) in [5.41, 5.74) is 0.381. The maximum atomic E-state index is 13.3. The van der Waals surface area contributed by atoms with Crippen LogP contribution in [0.15, 0.2) is 18.2 Å². The van der Waals surface area contributed by atoms with E-state index in [9.17, 15) is 4.39 Å². The van der Waals surface area contributed by atoms with Gasteiger partial charge in [-0.2, -0.15) is 5.26 Å². The lowest BCUT2D eigenvalue weighted by Crippen LogP contribution is -2.16. The minimum absolute atomic E-state index is 0.00896. The summed E-state index contributed by atoms with van der Waals surface area (Å²) in [5, 5.41) is 12.0. The van der Waals surface area contributed by atoms with E-state index in [2.05, 4.69) is 11.4 Å². The van der Waals surface area contributed by atoms with Gasteiger partial charge in [-0.3, -0.25) is 0 Å². The van der Waals surface area contributed by atoms with Gasteiger partial charge in [-0.1, -0.05) is 0 Å². The molecule has 0 spiro atoms. The van der Waals surface area contributed by atoms with E-state index in [4.69, 9.17) is 10.00 Å². The summed E-state index contributed by atoms with van der Waals surface area (Å²) >= 11 is 0.